The summed E-state index contributed by atoms with van der Waals surface area (Å²) in [6.07, 6.45) is 5.50. The molecule has 1 nitrogen and oxygen atoms in total. The van der Waals surface area contributed by atoms with E-state index in [1.165, 1.54) is 32.2 Å². The lowest BCUT2D eigenvalue weighted by molar-refractivity contribution is 0.117. The Balaban J connectivity index is 2.28. The van der Waals surface area contributed by atoms with Crippen molar-refractivity contribution < 1.29 is 0 Å². The van der Waals surface area contributed by atoms with Gasteiger partial charge in [-0.15, -0.1) is 11.6 Å². The quantitative estimate of drug-likeness (QED) is 0.600. The number of halogens is 1. The van der Waals surface area contributed by atoms with E-state index in [2.05, 4.69) is 18.7 Å². The Hall–Kier alpha value is 0.250. The first-order chi connectivity index (χ1) is 6.27. The highest BCUT2D eigenvalue weighted by Crippen LogP contribution is 2.25. The van der Waals surface area contributed by atoms with Crippen LogP contribution in [0, 0.1) is 5.92 Å². The minimum absolute atomic E-state index is 0.785. The molecule has 0 amide bonds. The van der Waals surface area contributed by atoms with Crippen LogP contribution in [0.15, 0.2) is 0 Å². The van der Waals surface area contributed by atoms with Crippen molar-refractivity contribution in [2.75, 3.05) is 19.0 Å². The van der Waals surface area contributed by atoms with Crippen LogP contribution < -0.4 is 0 Å². The molecule has 0 aromatic carbocycles. The molecule has 0 aromatic rings. The lowest BCUT2D eigenvalue weighted by atomic mass is 9.90. The summed E-state index contributed by atoms with van der Waals surface area (Å²) in [5, 5.41) is 0. The van der Waals surface area contributed by atoms with Crippen LogP contribution in [0.3, 0.4) is 0 Å². The third kappa shape index (κ3) is 3.47. The lowest BCUT2D eigenvalue weighted by Crippen LogP contribution is -2.43. The fourth-order valence-corrected chi connectivity index (χ4v) is 2.03. The van der Waals surface area contributed by atoms with Crippen molar-refractivity contribution in [2.45, 2.75) is 45.6 Å². The van der Waals surface area contributed by atoms with Gasteiger partial charge in [-0.1, -0.05) is 26.7 Å². The molecule has 13 heavy (non-hydrogen) atoms. The van der Waals surface area contributed by atoms with E-state index in [0.29, 0.717) is 0 Å². The first kappa shape index (κ1) is 11.3. The standard InChI is InChI=1S/C11H22ClN/c1-3-10(2)9-13(8-7-12)11-5-4-6-11/h10-11H,3-9H2,1-2H3. The highest BCUT2D eigenvalue weighted by molar-refractivity contribution is 6.18. The van der Waals surface area contributed by atoms with Crippen molar-refractivity contribution in [3.05, 3.63) is 0 Å². The van der Waals surface area contributed by atoms with Gasteiger partial charge < -0.3 is 0 Å². The Bertz CT molecular complexity index is 134. The molecule has 78 valence electrons. The van der Waals surface area contributed by atoms with Gasteiger partial charge >= 0.3 is 0 Å². The van der Waals surface area contributed by atoms with Crippen LogP contribution in [0.5, 0.6) is 0 Å². The van der Waals surface area contributed by atoms with Gasteiger partial charge in [-0.3, -0.25) is 4.90 Å². The number of hydrogen-bond donors (Lipinski definition) is 0. The van der Waals surface area contributed by atoms with Crippen molar-refractivity contribution in [3.63, 3.8) is 0 Å². The molecule has 1 atom stereocenters. The van der Waals surface area contributed by atoms with Gasteiger partial charge in [0.05, 0.1) is 0 Å². The van der Waals surface area contributed by atoms with Crippen molar-refractivity contribution in [3.8, 4) is 0 Å². The molecule has 0 bridgehead atoms. The number of rotatable bonds is 6. The van der Waals surface area contributed by atoms with Gasteiger partial charge in [0, 0.05) is 25.0 Å². The highest BCUT2D eigenvalue weighted by atomic mass is 35.5. The maximum atomic E-state index is 5.81. The molecule has 1 fully saturated rings. The maximum absolute atomic E-state index is 5.81. The van der Waals surface area contributed by atoms with E-state index >= 15 is 0 Å². The van der Waals surface area contributed by atoms with E-state index in [9.17, 15) is 0 Å². The zero-order valence-corrected chi connectivity index (χ0v) is 9.69. The summed E-state index contributed by atoms with van der Waals surface area (Å²) in [5.41, 5.74) is 0. The highest BCUT2D eigenvalue weighted by Gasteiger charge is 2.24. The molecule has 0 aliphatic heterocycles. The van der Waals surface area contributed by atoms with Gasteiger partial charge in [-0.25, -0.2) is 0 Å². The summed E-state index contributed by atoms with van der Waals surface area (Å²) < 4.78 is 0. The first-order valence-corrected chi connectivity index (χ1v) is 6.11. The first-order valence-electron chi connectivity index (χ1n) is 5.58. The zero-order chi connectivity index (χ0) is 9.68. The maximum Gasteiger partial charge on any atom is 0.0351 e. The molecule has 1 aliphatic rings. The minimum atomic E-state index is 0.785. The van der Waals surface area contributed by atoms with Gasteiger partial charge in [0.1, 0.15) is 0 Å². The zero-order valence-electron chi connectivity index (χ0n) is 8.93. The number of hydrogen-bond acceptors (Lipinski definition) is 1. The van der Waals surface area contributed by atoms with E-state index in [1.54, 1.807) is 0 Å². The van der Waals surface area contributed by atoms with E-state index in [1.807, 2.05) is 0 Å². The molecule has 0 spiro atoms. The van der Waals surface area contributed by atoms with Gasteiger partial charge in [0.15, 0.2) is 0 Å². The Kier molecular flexibility index (Phi) is 5.12. The molecule has 1 rings (SSSR count). The molecule has 1 saturated carbocycles. The molecule has 1 aliphatic carbocycles. The Morgan fingerprint density at radius 2 is 2.15 bits per heavy atom. The van der Waals surface area contributed by atoms with Crippen molar-refractivity contribution in [1.29, 1.82) is 0 Å². The van der Waals surface area contributed by atoms with Gasteiger partial charge in [0.2, 0.25) is 0 Å². The predicted molar refractivity (Wildman–Crippen MR) is 59.4 cm³/mol. The summed E-state index contributed by atoms with van der Waals surface area (Å²) in [6, 6.07) is 0.854. The van der Waals surface area contributed by atoms with Crippen molar-refractivity contribution in [1.82, 2.24) is 4.90 Å². The van der Waals surface area contributed by atoms with E-state index in [4.69, 9.17) is 11.6 Å². The van der Waals surface area contributed by atoms with E-state index in [-0.39, 0.29) is 0 Å². The van der Waals surface area contributed by atoms with Gasteiger partial charge in [-0.05, 0) is 18.8 Å². The fourth-order valence-electron chi connectivity index (χ4n) is 1.81. The Labute approximate surface area is 87.4 Å². The molecule has 0 aromatic heterocycles. The Morgan fingerprint density at radius 1 is 1.46 bits per heavy atom. The van der Waals surface area contributed by atoms with E-state index < -0.39 is 0 Å². The molecule has 0 heterocycles. The minimum Gasteiger partial charge on any atom is -0.299 e. The van der Waals surface area contributed by atoms with Crippen LogP contribution in [0.25, 0.3) is 0 Å². The van der Waals surface area contributed by atoms with Gasteiger partial charge in [0.25, 0.3) is 0 Å². The summed E-state index contributed by atoms with van der Waals surface area (Å²) in [5.74, 6) is 1.61. The van der Waals surface area contributed by atoms with Crippen LogP contribution in [-0.4, -0.2) is 29.9 Å². The Morgan fingerprint density at radius 3 is 2.54 bits per heavy atom. The van der Waals surface area contributed by atoms with Crippen LogP contribution in [-0.2, 0) is 0 Å². The third-order valence-electron chi connectivity index (χ3n) is 3.21. The summed E-state index contributed by atoms with van der Waals surface area (Å²) >= 11 is 5.81. The second-order valence-corrected chi connectivity index (χ2v) is 4.66. The molecule has 1 unspecified atom stereocenters. The van der Waals surface area contributed by atoms with Gasteiger partial charge in [-0.2, -0.15) is 0 Å². The molecule has 0 saturated heterocycles. The van der Waals surface area contributed by atoms with Crippen LogP contribution in [0.4, 0.5) is 0 Å². The smallest absolute Gasteiger partial charge is 0.0351 e. The number of nitrogens with zero attached hydrogens (tertiary/aromatic N) is 1. The van der Waals surface area contributed by atoms with E-state index in [0.717, 1.165) is 24.4 Å². The monoisotopic (exact) mass is 203 g/mol. The molecule has 0 N–H and O–H groups in total. The molecule has 2 heteroatoms. The van der Waals surface area contributed by atoms with Crippen LogP contribution >= 0.6 is 11.6 Å². The van der Waals surface area contributed by atoms with Crippen molar-refractivity contribution >= 4 is 11.6 Å². The fraction of sp³-hybridized carbons (Fsp3) is 1.00. The molecular weight excluding hydrogens is 182 g/mol. The second-order valence-electron chi connectivity index (χ2n) is 4.28. The van der Waals surface area contributed by atoms with Crippen LogP contribution in [0.1, 0.15) is 39.5 Å². The molecular formula is C11H22ClN. The average Bonchev–Trinajstić information content (AvgIpc) is 2.01. The predicted octanol–water partition coefficient (Wildman–Crippen LogP) is 3.13. The summed E-state index contributed by atoms with van der Waals surface area (Å²) in [6.45, 7) is 6.93. The van der Waals surface area contributed by atoms with Crippen LogP contribution in [0.2, 0.25) is 0 Å². The second kappa shape index (κ2) is 5.87. The summed E-state index contributed by atoms with van der Waals surface area (Å²) in [4.78, 5) is 2.59. The average molecular weight is 204 g/mol. The summed E-state index contributed by atoms with van der Waals surface area (Å²) in [7, 11) is 0. The van der Waals surface area contributed by atoms with Crippen molar-refractivity contribution in [2.24, 2.45) is 5.92 Å². The largest absolute Gasteiger partial charge is 0.299 e. The molecule has 0 radical (unpaired) electrons. The SMILES string of the molecule is CCC(C)CN(CCCl)C1CCC1. The number of alkyl halides is 1. The third-order valence-corrected chi connectivity index (χ3v) is 3.37. The topological polar surface area (TPSA) is 3.24 Å². The normalized spacial score (nSPS) is 20.3. The lowest BCUT2D eigenvalue weighted by Gasteiger charge is -2.38.